The third-order valence-electron chi connectivity index (χ3n) is 3.40. The van der Waals surface area contributed by atoms with E-state index in [4.69, 9.17) is 9.84 Å². The lowest BCUT2D eigenvalue weighted by atomic mass is 9.96. The number of benzene rings is 1. The molecule has 118 valence electrons. The number of aliphatic hydroxyl groups excluding tert-OH is 1. The zero-order valence-electron chi connectivity index (χ0n) is 13.2. The molecule has 1 aromatic rings. The Balaban J connectivity index is 2.72. The Morgan fingerprint density at radius 2 is 1.90 bits per heavy atom. The van der Waals surface area contributed by atoms with Gasteiger partial charge in [-0.3, -0.25) is 0 Å². The first kappa shape index (κ1) is 17.3. The number of amides is 2. The molecule has 0 saturated heterocycles. The maximum atomic E-state index is 11.9. The van der Waals surface area contributed by atoms with Gasteiger partial charge in [0.2, 0.25) is 0 Å². The molecule has 0 radical (unpaired) electrons. The van der Waals surface area contributed by atoms with Gasteiger partial charge >= 0.3 is 6.03 Å². The van der Waals surface area contributed by atoms with Crippen molar-refractivity contribution in [1.82, 2.24) is 10.6 Å². The van der Waals surface area contributed by atoms with Gasteiger partial charge in [0.1, 0.15) is 5.75 Å². The van der Waals surface area contributed by atoms with Gasteiger partial charge in [-0.05, 0) is 30.9 Å². The Hall–Kier alpha value is -1.75. The second-order valence-corrected chi connectivity index (χ2v) is 5.57. The van der Waals surface area contributed by atoms with Gasteiger partial charge < -0.3 is 20.5 Å². The SMILES string of the molecule is COc1ccccc1CC(NC(=O)NC(C)CO)C(C)C. The highest BCUT2D eigenvalue weighted by Gasteiger charge is 2.19. The molecule has 1 rings (SSSR count). The normalized spacial score (nSPS) is 13.6. The Morgan fingerprint density at radius 3 is 2.48 bits per heavy atom. The molecular weight excluding hydrogens is 268 g/mol. The highest BCUT2D eigenvalue weighted by Crippen LogP contribution is 2.21. The van der Waals surface area contributed by atoms with E-state index >= 15 is 0 Å². The zero-order chi connectivity index (χ0) is 15.8. The van der Waals surface area contributed by atoms with Crippen molar-refractivity contribution in [3.05, 3.63) is 29.8 Å². The van der Waals surface area contributed by atoms with Crippen molar-refractivity contribution in [3.63, 3.8) is 0 Å². The number of aliphatic hydroxyl groups is 1. The van der Waals surface area contributed by atoms with Gasteiger partial charge in [0.15, 0.2) is 0 Å². The molecule has 0 fully saturated rings. The first-order valence-corrected chi connectivity index (χ1v) is 7.27. The van der Waals surface area contributed by atoms with Crippen LogP contribution in [0.5, 0.6) is 5.75 Å². The van der Waals surface area contributed by atoms with Gasteiger partial charge in [-0.1, -0.05) is 32.0 Å². The second kappa shape index (κ2) is 8.52. The fourth-order valence-electron chi connectivity index (χ4n) is 2.04. The van der Waals surface area contributed by atoms with Crippen LogP contribution in [0, 0.1) is 5.92 Å². The third kappa shape index (κ3) is 5.63. The Bertz CT molecular complexity index is 449. The summed E-state index contributed by atoms with van der Waals surface area (Å²) in [5.41, 5.74) is 1.06. The van der Waals surface area contributed by atoms with Crippen LogP contribution < -0.4 is 15.4 Å². The van der Waals surface area contributed by atoms with Crippen LogP contribution in [-0.2, 0) is 6.42 Å². The van der Waals surface area contributed by atoms with E-state index in [9.17, 15) is 4.79 Å². The van der Waals surface area contributed by atoms with E-state index in [1.54, 1.807) is 14.0 Å². The molecule has 0 aliphatic carbocycles. The molecule has 0 saturated carbocycles. The number of hydrogen-bond acceptors (Lipinski definition) is 3. The second-order valence-electron chi connectivity index (χ2n) is 5.57. The lowest BCUT2D eigenvalue weighted by Crippen LogP contribution is -2.48. The fourth-order valence-corrected chi connectivity index (χ4v) is 2.04. The first-order chi connectivity index (χ1) is 9.97. The molecule has 0 aliphatic heterocycles. The summed E-state index contributed by atoms with van der Waals surface area (Å²) < 4.78 is 5.35. The molecule has 0 spiro atoms. The molecule has 21 heavy (non-hydrogen) atoms. The molecule has 5 heteroatoms. The van der Waals surface area contributed by atoms with Gasteiger partial charge in [0.05, 0.1) is 19.8 Å². The van der Waals surface area contributed by atoms with E-state index in [0.717, 1.165) is 11.3 Å². The molecule has 0 aromatic heterocycles. The van der Waals surface area contributed by atoms with Gasteiger partial charge in [0, 0.05) is 6.04 Å². The molecule has 1 aromatic carbocycles. The quantitative estimate of drug-likeness (QED) is 0.720. The minimum Gasteiger partial charge on any atom is -0.496 e. The van der Waals surface area contributed by atoms with Crippen LogP contribution in [0.15, 0.2) is 24.3 Å². The average Bonchev–Trinajstić information content (AvgIpc) is 2.46. The third-order valence-corrected chi connectivity index (χ3v) is 3.40. The van der Waals surface area contributed by atoms with Crippen LogP contribution >= 0.6 is 0 Å². The number of nitrogens with one attached hydrogen (secondary N) is 2. The van der Waals surface area contributed by atoms with Gasteiger partial charge in [-0.2, -0.15) is 0 Å². The molecule has 3 N–H and O–H groups in total. The minimum atomic E-state index is -0.260. The molecule has 0 heterocycles. The fraction of sp³-hybridized carbons (Fsp3) is 0.562. The summed E-state index contributed by atoms with van der Waals surface area (Å²) in [5, 5.41) is 14.6. The van der Waals surface area contributed by atoms with Gasteiger partial charge in [0.25, 0.3) is 0 Å². The predicted molar refractivity (Wildman–Crippen MR) is 83.5 cm³/mol. The van der Waals surface area contributed by atoms with E-state index < -0.39 is 0 Å². The molecule has 2 unspecified atom stereocenters. The lowest BCUT2D eigenvalue weighted by molar-refractivity contribution is 0.214. The smallest absolute Gasteiger partial charge is 0.315 e. The summed E-state index contributed by atoms with van der Waals surface area (Å²) in [6.07, 6.45) is 0.697. The highest BCUT2D eigenvalue weighted by atomic mass is 16.5. The Kier molecular flexibility index (Phi) is 7.02. The highest BCUT2D eigenvalue weighted by molar-refractivity contribution is 5.74. The van der Waals surface area contributed by atoms with Crippen molar-refractivity contribution in [2.75, 3.05) is 13.7 Å². The van der Waals surface area contributed by atoms with Crippen LogP contribution in [0.3, 0.4) is 0 Å². The summed E-state index contributed by atoms with van der Waals surface area (Å²) in [5.74, 6) is 1.11. The van der Waals surface area contributed by atoms with Gasteiger partial charge in [-0.25, -0.2) is 4.79 Å². The summed E-state index contributed by atoms with van der Waals surface area (Å²) in [4.78, 5) is 11.9. The van der Waals surface area contributed by atoms with E-state index in [0.29, 0.717) is 6.42 Å². The summed E-state index contributed by atoms with van der Waals surface area (Å²) in [6, 6.07) is 7.28. The molecule has 5 nitrogen and oxygen atoms in total. The number of methoxy groups -OCH3 is 1. The molecule has 0 aliphatic rings. The van der Waals surface area contributed by atoms with E-state index in [1.807, 2.05) is 24.3 Å². The maximum Gasteiger partial charge on any atom is 0.315 e. The zero-order valence-corrected chi connectivity index (χ0v) is 13.2. The van der Waals surface area contributed by atoms with Crippen LogP contribution in [-0.4, -0.2) is 36.9 Å². The number of carbonyl (C=O) groups is 1. The standard InChI is InChI=1S/C16H26N2O3/c1-11(2)14(18-16(20)17-12(3)10-19)9-13-7-5-6-8-15(13)21-4/h5-8,11-12,14,19H,9-10H2,1-4H3,(H2,17,18,20). The van der Waals surface area contributed by atoms with E-state index in [-0.39, 0.29) is 30.6 Å². The number of rotatable bonds is 7. The summed E-state index contributed by atoms with van der Waals surface area (Å²) >= 11 is 0. The van der Waals surface area contributed by atoms with Crippen molar-refractivity contribution >= 4 is 6.03 Å². The molecular formula is C16H26N2O3. The van der Waals surface area contributed by atoms with Gasteiger partial charge in [-0.15, -0.1) is 0 Å². The Labute approximate surface area is 126 Å². The Morgan fingerprint density at radius 1 is 1.24 bits per heavy atom. The lowest BCUT2D eigenvalue weighted by Gasteiger charge is -2.24. The van der Waals surface area contributed by atoms with Crippen molar-refractivity contribution in [1.29, 1.82) is 0 Å². The number of urea groups is 1. The van der Waals surface area contributed by atoms with Crippen LogP contribution in [0.2, 0.25) is 0 Å². The maximum absolute atomic E-state index is 11.9. The van der Waals surface area contributed by atoms with Crippen molar-refractivity contribution in [2.45, 2.75) is 39.3 Å². The number of carbonyl (C=O) groups excluding carboxylic acids is 1. The van der Waals surface area contributed by atoms with Crippen LogP contribution in [0.1, 0.15) is 26.3 Å². The van der Waals surface area contributed by atoms with Crippen molar-refractivity contribution in [3.8, 4) is 5.75 Å². The van der Waals surface area contributed by atoms with Crippen LogP contribution in [0.25, 0.3) is 0 Å². The summed E-state index contributed by atoms with van der Waals surface area (Å²) in [6.45, 7) is 5.81. The topological polar surface area (TPSA) is 70.6 Å². The average molecular weight is 294 g/mol. The predicted octanol–water partition coefficient (Wildman–Crippen LogP) is 1.94. The van der Waals surface area contributed by atoms with E-state index in [2.05, 4.69) is 24.5 Å². The first-order valence-electron chi connectivity index (χ1n) is 7.27. The molecule has 0 bridgehead atoms. The molecule has 2 atom stereocenters. The molecule has 2 amide bonds. The number of ether oxygens (including phenoxy) is 1. The van der Waals surface area contributed by atoms with E-state index in [1.165, 1.54) is 0 Å². The minimum absolute atomic E-state index is 0.00723. The van der Waals surface area contributed by atoms with Crippen LogP contribution in [0.4, 0.5) is 4.79 Å². The van der Waals surface area contributed by atoms with Crippen molar-refractivity contribution < 1.29 is 14.6 Å². The largest absolute Gasteiger partial charge is 0.496 e. The number of hydrogen-bond donors (Lipinski definition) is 3. The summed E-state index contributed by atoms with van der Waals surface area (Å²) in [7, 11) is 1.65. The monoisotopic (exact) mass is 294 g/mol. The number of para-hydroxylation sites is 1. The van der Waals surface area contributed by atoms with Crippen molar-refractivity contribution in [2.24, 2.45) is 5.92 Å².